The molecule has 0 spiro atoms. The van der Waals surface area contributed by atoms with E-state index in [1.165, 1.54) is 12.8 Å². The fourth-order valence-corrected chi connectivity index (χ4v) is 2.76. The predicted molar refractivity (Wildman–Crippen MR) is 112 cm³/mol. The van der Waals surface area contributed by atoms with Gasteiger partial charge in [0.25, 0.3) is 0 Å². The minimum absolute atomic E-state index is 0. The number of hydrogen-bond acceptors (Lipinski definition) is 2. The molecule has 1 saturated carbocycles. The highest BCUT2D eigenvalue weighted by molar-refractivity contribution is 14.0. The van der Waals surface area contributed by atoms with Crippen molar-refractivity contribution < 1.29 is 9.13 Å². The Morgan fingerprint density at radius 1 is 1.40 bits per heavy atom. The quantitative estimate of drug-likeness (QED) is 0.263. The van der Waals surface area contributed by atoms with Gasteiger partial charge >= 0.3 is 0 Å². The second-order valence-electron chi connectivity index (χ2n) is 6.75. The number of hydrogen-bond donors (Lipinski definition) is 2. The van der Waals surface area contributed by atoms with Gasteiger partial charge in [0, 0.05) is 26.8 Å². The summed E-state index contributed by atoms with van der Waals surface area (Å²) >= 11 is 0. The van der Waals surface area contributed by atoms with E-state index in [-0.39, 0.29) is 35.8 Å². The van der Waals surface area contributed by atoms with Crippen molar-refractivity contribution in [3.63, 3.8) is 0 Å². The molecule has 0 bridgehead atoms. The molecule has 1 aromatic carbocycles. The first kappa shape index (κ1) is 22.2. The fraction of sp³-hybridized carbons (Fsp3) is 0.632. The molecule has 0 amide bonds. The molecular formula is C19H31FIN3O. The standard InChI is InChI=1S/C19H30FN3O.HI/c1-5-24-11-10-19(8-9-19)13-22-18(21-4)23-15(3)16-7-6-14(2)17(20)12-16;/h6-7,12,15H,5,8-11,13H2,1-4H3,(H2,21,22,23);1H. The maximum absolute atomic E-state index is 13.7. The van der Waals surface area contributed by atoms with Gasteiger partial charge in [-0.3, -0.25) is 4.99 Å². The summed E-state index contributed by atoms with van der Waals surface area (Å²) in [7, 11) is 1.76. The molecule has 0 saturated heterocycles. The lowest BCUT2D eigenvalue weighted by Gasteiger charge is -2.21. The van der Waals surface area contributed by atoms with E-state index in [0.29, 0.717) is 11.0 Å². The third kappa shape index (κ3) is 6.73. The van der Waals surface area contributed by atoms with Gasteiger partial charge in [0.15, 0.2) is 5.96 Å². The molecule has 1 unspecified atom stereocenters. The maximum atomic E-state index is 13.7. The lowest BCUT2D eigenvalue weighted by molar-refractivity contribution is 0.128. The molecule has 6 heteroatoms. The second kappa shape index (κ2) is 10.3. The monoisotopic (exact) mass is 463 g/mol. The first-order valence-corrected chi connectivity index (χ1v) is 8.80. The van der Waals surface area contributed by atoms with Crippen LogP contribution in [0, 0.1) is 18.2 Å². The van der Waals surface area contributed by atoms with Crippen LogP contribution in [0.5, 0.6) is 0 Å². The van der Waals surface area contributed by atoms with Crippen molar-refractivity contribution in [1.82, 2.24) is 10.6 Å². The lowest BCUT2D eigenvalue weighted by atomic mass is 10.0. The number of ether oxygens (including phenoxy) is 1. The Kier molecular flexibility index (Phi) is 9.13. The summed E-state index contributed by atoms with van der Waals surface area (Å²) in [5.74, 6) is 0.586. The SMILES string of the molecule is CCOCCC1(CNC(=NC)NC(C)c2ccc(C)c(F)c2)CC1.I. The summed E-state index contributed by atoms with van der Waals surface area (Å²) < 4.78 is 19.2. The third-order valence-corrected chi connectivity index (χ3v) is 4.84. The lowest BCUT2D eigenvalue weighted by Crippen LogP contribution is -2.41. The average Bonchev–Trinajstić information content (AvgIpc) is 3.34. The van der Waals surface area contributed by atoms with Gasteiger partial charge in [-0.2, -0.15) is 0 Å². The molecule has 1 atom stereocenters. The van der Waals surface area contributed by atoms with Crippen molar-refractivity contribution in [1.29, 1.82) is 0 Å². The van der Waals surface area contributed by atoms with Crippen LogP contribution in [0.4, 0.5) is 4.39 Å². The smallest absolute Gasteiger partial charge is 0.191 e. The van der Waals surface area contributed by atoms with Gasteiger partial charge in [-0.1, -0.05) is 12.1 Å². The summed E-state index contributed by atoms with van der Waals surface area (Å²) in [5.41, 5.74) is 1.93. The number of nitrogens with one attached hydrogen (secondary N) is 2. The predicted octanol–water partition coefficient (Wildman–Crippen LogP) is 4.18. The average molecular weight is 463 g/mol. The van der Waals surface area contributed by atoms with Crippen LogP contribution in [-0.2, 0) is 4.74 Å². The fourth-order valence-electron chi connectivity index (χ4n) is 2.76. The Labute approximate surface area is 168 Å². The van der Waals surface area contributed by atoms with E-state index in [2.05, 4.69) is 15.6 Å². The molecule has 0 radical (unpaired) electrons. The Morgan fingerprint density at radius 2 is 2.12 bits per heavy atom. The number of guanidine groups is 1. The number of rotatable bonds is 8. The third-order valence-electron chi connectivity index (χ3n) is 4.84. The molecule has 25 heavy (non-hydrogen) atoms. The summed E-state index contributed by atoms with van der Waals surface area (Å²) in [6.45, 7) is 8.31. The van der Waals surface area contributed by atoms with Crippen LogP contribution in [0.1, 0.15) is 50.3 Å². The van der Waals surface area contributed by atoms with Crippen LogP contribution < -0.4 is 10.6 Å². The molecule has 0 heterocycles. The highest BCUT2D eigenvalue weighted by Gasteiger charge is 2.41. The van der Waals surface area contributed by atoms with E-state index >= 15 is 0 Å². The van der Waals surface area contributed by atoms with Crippen molar-refractivity contribution >= 4 is 29.9 Å². The van der Waals surface area contributed by atoms with Crippen molar-refractivity contribution in [2.75, 3.05) is 26.8 Å². The molecule has 0 aliphatic heterocycles. The minimum atomic E-state index is -0.169. The molecule has 2 N–H and O–H groups in total. The highest BCUT2D eigenvalue weighted by atomic mass is 127. The number of benzene rings is 1. The van der Waals surface area contributed by atoms with Crippen LogP contribution in [-0.4, -0.2) is 32.8 Å². The van der Waals surface area contributed by atoms with E-state index in [9.17, 15) is 4.39 Å². The van der Waals surface area contributed by atoms with Crippen molar-refractivity contribution in [3.8, 4) is 0 Å². The molecule has 1 fully saturated rings. The number of aliphatic imine (C=N–C) groups is 1. The van der Waals surface area contributed by atoms with Gasteiger partial charge in [0.1, 0.15) is 5.82 Å². The zero-order valence-electron chi connectivity index (χ0n) is 15.7. The van der Waals surface area contributed by atoms with E-state index in [4.69, 9.17) is 4.74 Å². The zero-order valence-corrected chi connectivity index (χ0v) is 18.0. The first-order valence-electron chi connectivity index (χ1n) is 8.80. The Balaban J connectivity index is 0.00000312. The summed E-state index contributed by atoms with van der Waals surface area (Å²) in [6, 6.07) is 5.34. The van der Waals surface area contributed by atoms with Crippen LogP contribution in [0.25, 0.3) is 0 Å². The molecule has 2 rings (SSSR count). The number of aryl methyl sites for hydroxylation is 1. The van der Waals surface area contributed by atoms with Gasteiger partial charge in [0.05, 0.1) is 6.04 Å². The topological polar surface area (TPSA) is 45.6 Å². The molecule has 1 aromatic rings. The maximum Gasteiger partial charge on any atom is 0.191 e. The Bertz CT molecular complexity index is 576. The summed E-state index contributed by atoms with van der Waals surface area (Å²) in [5, 5.41) is 6.75. The molecule has 142 valence electrons. The van der Waals surface area contributed by atoms with Gasteiger partial charge in [0.2, 0.25) is 0 Å². The van der Waals surface area contributed by atoms with Gasteiger partial charge in [-0.25, -0.2) is 4.39 Å². The Hall–Kier alpha value is -0.890. The van der Waals surface area contributed by atoms with Crippen LogP contribution in [0.3, 0.4) is 0 Å². The van der Waals surface area contributed by atoms with Crippen molar-refractivity contribution in [2.24, 2.45) is 10.4 Å². The summed E-state index contributed by atoms with van der Waals surface area (Å²) in [6.07, 6.45) is 3.56. The molecular weight excluding hydrogens is 432 g/mol. The van der Waals surface area contributed by atoms with E-state index in [1.54, 1.807) is 20.0 Å². The van der Waals surface area contributed by atoms with Gasteiger partial charge in [-0.15, -0.1) is 24.0 Å². The second-order valence-corrected chi connectivity index (χ2v) is 6.75. The van der Waals surface area contributed by atoms with Gasteiger partial charge in [-0.05, 0) is 62.6 Å². The van der Waals surface area contributed by atoms with Crippen LogP contribution in [0.2, 0.25) is 0 Å². The molecule has 0 aromatic heterocycles. The minimum Gasteiger partial charge on any atom is -0.382 e. The van der Waals surface area contributed by atoms with E-state index in [1.807, 2.05) is 26.0 Å². The van der Waals surface area contributed by atoms with Crippen LogP contribution in [0.15, 0.2) is 23.2 Å². The molecule has 4 nitrogen and oxygen atoms in total. The zero-order chi connectivity index (χ0) is 17.6. The van der Waals surface area contributed by atoms with E-state index in [0.717, 1.165) is 37.7 Å². The normalized spacial score (nSPS) is 16.8. The summed E-state index contributed by atoms with van der Waals surface area (Å²) in [4.78, 5) is 4.29. The molecule has 1 aliphatic rings. The largest absolute Gasteiger partial charge is 0.382 e. The number of nitrogens with zero attached hydrogens (tertiary/aromatic N) is 1. The highest BCUT2D eigenvalue weighted by Crippen LogP contribution is 2.48. The number of halogens is 2. The molecule has 1 aliphatic carbocycles. The van der Waals surface area contributed by atoms with Gasteiger partial charge < -0.3 is 15.4 Å². The van der Waals surface area contributed by atoms with Crippen molar-refractivity contribution in [3.05, 3.63) is 35.1 Å². The van der Waals surface area contributed by atoms with Crippen LogP contribution >= 0.6 is 24.0 Å². The first-order chi connectivity index (χ1) is 11.5. The van der Waals surface area contributed by atoms with Crippen molar-refractivity contribution in [2.45, 2.75) is 46.1 Å². The van der Waals surface area contributed by atoms with E-state index < -0.39 is 0 Å². The Morgan fingerprint density at radius 3 is 2.68 bits per heavy atom.